The van der Waals surface area contributed by atoms with E-state index in [-0.39, 0.29) is 21.0 Å². The van der Waals surface area contributed by atoms with Gasteiger partial charge in [0.05, 0.1) is 10.7 Å². The minimum absolute atomic E-state index is 0.0625. The summed E-state index contributed by atoms with van der Waals surface area (Å²) >= 11 is 0. The molecule has 2 aromatic heterocycles. The minimum atomic E-state index is -0.804. The molecule has 0 amide bonds. The molecule has 0 bridgehead atoms. The van der Waals surface area contributed by atoms with Crippen LogP contribution < -0.4 is 16.5 Å². The van der Waals surface area contributed by atoms with Gasteiger partial charge < -0.3 is 15.6 Å². The van der Waals surface area contributed by atoms with Crippen molar-refractivity contribution in [3.63, 3.8) is 0 Å². The second kappa shape index (κ2) is 2.94. The van der Waals surface area contributed by atoms with Gasteiger partial charge in [0.1, 0.15) is 5.52 Å². The second-order valence-corrected chi connectivity index (χ2v) is 3.76. The smallest absolute Gasteiger partial charge is 0.310 e. The SMILES string of the molecule is N=c1cc2cc[nH]c3c(=O)n(O)c(=O)c(c1)c23. The van der Waals surface area contributed by atoms with Gasteiger partial charge in [-0.15, -0.1) is 4.73 Å². The van der Waals surface area contributed by atoms with Crippen LogP contribution in [0.25, 0.3) is 21.7 Å². The Bertz CT molecular complexity index is 907. The largest absolute Gasteiger partial charge is 0.422 e. The summed E-state index contributed by atoms with van der Waals surface area (Å²) in [7, 11) is 0. The van der Waals surface area contributed by atoms with Gasteiger partial charge in [0.15, 0.2) is 0 Å². The molecule has 0 atom stereocenters. The fourth-order valence-corrected chi connectivity index (χ4v) is 2.01. The van der Waals surface area contributed by atoms with Crippen LogP contribution in [0.1, 0.15) is 0 Å². The van der Waals surface area contributed by atoms with E-state index in [1.54, 1.807) is 12.1 Å². The van der Waals surface area contributed by atoms with Crippen LogP contribution in [0.2, 0.25) is 0 Å². The minimum Gasteiger partial charge on any atom is -0.422 e. The van der Waals surface area contributed by atoms with Gasteiger partial charge in [-0.05, 0) is 23.6 Å². The van der Waals surface area contributed by atoms with Gasteiger partial charge >= 0.3 is 5.56 Å². The Balaban J connectivity index is 2.89. The van der Waals surface area contributed by atoms with E-state index in [1.807, 2.05) is 0 Å². The lowest BCUT2D eigenvalue weighted by Crippen LogP contribution is -2.32. The van der Waals surface area contributed by atoms with Crippen molar-refractivity contribution in [2.24, 2.45) is 0 Å². The first-order valence-electron chi connectivity index (χ1n) is 4.87. The van der Waals surface area contributed by atoms with E-state index >= 15 is 0 Å². The van der Waals surface area contributed by atoms with Crippen molar-refractivity contribution in [2.45, 2.75) is 0 Å². The monoisotopic (exact) mass is 229 g/mol. The molecule has 0 aliphatic heterocycles. The fraction of sp³-hybridized carbons (Fsp3) is 0. The lowest BCUT2D eigenvalue weighted by Gasteiger charge is -2.05. The van der Waals surface area contributed by atoms with E-state index in [0.717, 1.165) is 0 Å². The van der Waals surface area contributed by atoms with Gasteiger partial charge in [-0.1, -0.05) is 0 Å². The van der Waals surface area contributed by atoms with Gasteiger partial charge in [0.2, 0.25) is 0 Å². The van der Waals surface area contributed by atoms with Crippen LogP contribution >= 0.6 is 0 Å². The van der Waals surface area contributed by atoms with Crippen molar-refractivity contribution in [3.8, 4) is 0 Å². The van der Waals surface area contributed by atoms with Crippen molar-refractivity contribution in [1.82, 2.24) is 9.71 Å². The molecule has 6 heteroatoms. The van der Waals surface area contributed by atoms with Crippen LogP contribution in [0.5, 0.6) is 0 Å². The number of pyridine rings is 2. The highest BCUT2D eigenvalue weighted by atomic mass is 16.5. The summed E-state index contributed by atoms with van der Waals surface area (Å²) in [6, 6.07) is 4.56. The molecule has 2 heterocycles. The van der Waals surface area contributed by atoms with E-state index in [9.17, 15) is 14.8 Å². The predicted octanol–water partition coefficient (Wildman–Crippen LogP) is -0.00243. The topological polar surface area (TPSA) is 98.9 Å². The normalized spacial score (nSPS) is 11.3. The highest BCUT2D eigenvalue weighted by Gasteiger charge is 2.13. The van der Waals surface area contributed by atoms with E-state index < -0.39 is 11.1 Å². The molecule has 3 N–H and O–H groups in total. The van der Waals surface area contributed by atoms with Crippen LogP contribution in [-0.4, -0.2) is 14.9 Å². The molecule has 17 heavy (non-hydrogen) atoms. The van der Waals surface area contributed by atoms with E-state index in [2.05, 4.69) is 4.98 Å². The van der Waals surface area contributed by atoms with Gasteiger partial charge in [0.25, 0.3) is 5.56 Å². The second-order valence-electron chi connectivity index (χ2n) is 3.76. The maximum absolute atomic E-state index is 11.7. The number of nitrogens with zero attached hydrogens (tertiary/aromatic N) is 1. The number of hydrogen-bond donors (Lipinski definition) is 3. The van der Waals surface area contributed by atoms with Crippen molar-refractivity contribution in [3.05, 3.63) is 50.5 Å². The predicted molar refractivity (Wildman–Crippen MR) is 60.6 cm³/mol. The van der Waals surface area contributed by atoms with E-state index in [4.69, 9.17) is 5.41 Å². The molecule has 0 radical (unpaired) electrons. The Labute approximate surface area is 93.2 Å². The van der Waals surface area contributed by atoms with Gasteiger partial charge in [-0.3, -0.25) is 9.59 Å². The van der Waals surface area contributed by atoms with Gasteiger partial charge in [-0.2, -0.15) is 0 Å². The van der Waals surface area contributed by atoms with Crippen molar-refractivity contribution in [2.75, 3.05) is 0 Å². The number of aromatic amines is 1. The molecular formula is C11H7N3O3. The zero-order valence-corrected chi connectivity index (χ0v) is 8.52. The van der Waals surface area contributed by atoms with Crippen LogP contribution in [0.4, 0.5) is 0 Å². The van der Waals surface area contributed by atoms with Crippen molar-refractivity contribution >= 4 is 21.7 Å². The first-order valence-corrected chi connectivity index (χ1v) is 4.87. The van der Waals surface area contributed by atoms with Crippen LogP contribution in [0, 0.1) is 5.41 Å². The van der Waals surface area contributed by atoms with Gasteiger partial charge in [0, 0.05) is 11.6 Å². The van der Waals surface area contributed by atoms with Crippen LogP contribution in [-0.2, 0) is 0 Å². The molecule has 3 rings (SSSR count). The Morgan fingerprint density at radius 1 is 1.24 bits per heavy atom. The lowest BCUT2D eigenvalue weighted by atomic mass is 10.1. The zero-order chi connectivity index (χ0) is 12.2. The third-order valence-corrected chi connectivity index (χ3v) is 2.74. The number of H-pyrrole nitrogens is 1. The molecule has 0 fully saturated rings. The molecule has 0 aliphatic carbocycles. The highest BCUT2D eigenvalue weighted by molar-refractivity contribution is 6.07. The summed E-state index contributed by atoms with van der Waals surface area (Å²) in [4.78, 5) is 26.1. The molecule has 0 saturated heterocycles. The maximum Gasteiger partial charge on any atom is 0.310 e. The van der Waals surface area contributed by atoms with Gasteiger partial charge in [-0.25, -0.2) is 0 Å². The Morgan fingerprint density at radius 2 is 2.00 bits per heavy atom. The van der Waals surface area contributed by atoms with Crippen LogP contribution in [0.3, 0.4) is 0 Å². The average Bonchev–Trinajstić information content (AvgIpc) is 2.32. The third kappa shape index (κ3) is 1.12. The number of nitrogens with one attached hydrogen (secondary N) is 2. The summed E-state index contributed by atoms with van der Waals surface area (Å²) in [6.45, 7) is 0. The molecule has 0 saturated carbocycles. The van der Waals surface area contributed by atoms with E-state index in [0.29, 0.717) is 10.8 Å². The van der Waals surface area contributed by atoms with E-state index in [1.165, 1.54) is 12.3 Å². The van der Waals surface area contributed by atoms with Crippen molar-refractivity contribution < 1.29 is 5.21 Å². The number of rotatable bonds is 0. The summed E-state index contributed by atoms with van der Waals surface area (Å²) in [6.07, 6.45) is 1.53. The highest BCUT2D eigenvalue weighted by Crippen LogP contribution is 2.17. The Kier molecular flexibility index (Phi) is 1.66. The quantitative estimate of drug-likeness (QED) is 0.473. The maximum atomic E-state index is 11.7. The molecule has 0 aliphatic rings. The molecule has 6 nitrogen and oxygen atoms in total. The zero-order valence-electron chi connectivity index (χ0n) is 8.52. The lowest BCUT2D eigenvalue weighted by molar-refractivity contribution is 0.168. The molecule has 1 aromatic carbocycles. The molecule has 84 valence electrons. The fourth-order valence-electron chi connectivity index (χ4n) is 2.01. The first kappa shape index (κ1) is 9.59. The summed E-state index contributed by atoms with van der Waals surface area (Å²) < 4.78 is 0.0625. The Hall–Kier alpha value is -2.63. The average molecular weight is 229 g/mol. The summed E-state index contributed by atoms with van der Waals surface area (Å²) in [5.74, 6) is 0. The summed E-state index contributed by atoms with van der Waals surface area (Å²) in [5.41, 5.74) is -1.44. The molecule has 0 spiro atoms. The summed E-state index contributed by atoms with van der Waals surface area (Å²) in [5, 5.41) is 18.3. The molecular weight excluding hydrogens is 222 g/mol. The number of benzene rings is 1. The number of hydrogen-bond acceptors (Lipinski definition) is 4. The van der Waals surface area contributed by atoms with Crippen LogP contribution in [0.15, 0.2) is 34.0 Å². The molecule has 0 unspecified atom stereocenters. The molecule has 3 aromatic rings. The van der Waals surface area contributed by atoms with Crippen molar-refractivity contribution in [1.29, 1.82) is 5.41 Å². The number of aromatic nitrogens is 2. The first-order chi connectivity index (χ1) is 8.09. The third-order valence-electron chi connectivity index (χ3n) is 2.74. The Morgan fingerprint density at radius 3 is 2.76 bits per heavy atom. The standard InChI is InChI=1S/C11H7N3O3/c12-6-3-5-1-2-13-9-8(5)7(4-6)10(15)14(17)11(9)16/h1-4,12-13,17H.